The van der Waals surface area contributed by atoms with Gasteiger partial charge in [0.25, 0.3) is 0 Å². The van der Waals surface area contributed by atoms with E-state index in [0.29, 0.717) is 19.4 Å². The minimum atomic E-state index is -0.657. The number of hydrogen-bond acceptors (Lipinski definition) is 4. The largest absolute Gasteiger partial charge is 0.353 e. The topological polar surface area (TPSA) is 88.1 Å². The molecule has 0 atom stereocenters. The first-order chi connectivity index (χ1) is 10.8. The number of nitrogens with zero attached hydrogens (tertiary/aromatic N) is 2. The van der Waals surface area contributed by atoms with E-state index in [9.17, 15) is 9.59 Å². The van der Waals surface area contributed by atoms with Crippen LogP contribution in [0.15, 0.2) is 18.5 Å². The number of nitrogens with one attached hydrogen (secondary N) is 3. The van der Waals surface area contributed by atoms with Gasteiger partial charge in [0.05, 0.1) is 0 Å². The van der Waals surface area contributed by atoms with E-state index in [2.05, 4.69) is 21.0 Å². The number of piperidine rings is 1. The lowest BCUT2D eigenvalue weighted by atomic mass is 9.87. The van der Waals surface area contributed by atoms with E-state index in [1.54, 1.807) is 10.9 Å². The summed E-state index contributed by atoms with van der Waals surface area (Å²) in [6, 6.07) is 1.83. The van der Waals surface area contributed by atoms with Crippen molar-refractivity contribution in [3.8, 4) is 0 Å². The van der Waals surface area contributed by atoms with Crippen molar-refractivity contribution in [1.29, 1.82) is 0 Å². The van der Waals surface area contributed by atoms with Gasteiger partial charge in [-0.3, -0.25) is 14.3 Å². The Bertz CT molecular complexity index is 527. The van der Waals surface area contributed by atoms with E-state index < -0.39 is 5.54 Å². The highest BCUT2D eigenvalue weighted by molar-refractivity contribution is 5.85. The Morgan fingerprint density at radius 3 is 2.57 bits per heavy atom. The second-order valence-corrected chi connectivity index (χ2v) is 7.04. The van der Waals surface area contributed by atoms with Crippen molar-refractivity contribution >= 4 is 11.8 Å². The van der Waals surface area contributed by atoms with Crippen LogP contribution in [0.4, 0.5) is 0 Å². The van der Waals surface area contributed by atoms with E-state index in [1.807, 2.05) is 33.0 Å². The fraction of sp³-hybridized carbons (Fsp3) is 0.688. The summed E-state index contributed by atoms with van der Waals surface area (Å²) in [7, 11) is 0. The van der Waals surface area contributed by atoms with Crippen molar-refractivity contribution < 1.29 is 9.59 Å². The molecule has 7 heteroatoms. The fourth-order valence-electron chi connectivity index (χ4n) is 2.86. The molecule has 2 amide bonds. The Hall–Kier alpha value is -1.89. The van der Waals surface area contributed by atoms with Crippen LogP contribution in [0.25, 0.3) is 0 Å². The second kappa shape index (κ2) is 7.12. The van der Waals surface area contributed by atoms with Gasteiger partial charge in [0.2, 0.25) is 11.8 Å². The Kier molecular flexibility index (Phi) is 5.41. The van der Waals surface area contributed by atoms with Gasteiger partial charge in [-0.2, -0.15) is 5.10 Å². The lowest BCUT2D eigenvalue weighted by Crippen LogP contribution is -2.55. The van der Waals surface area contributed by atoms with Gasteiger partial charge >= 0.3 is 0 Å². The molecule has 1 aliphatic rings. The monoisotopic (exact) mass is 321 g/mol. The zero-order valence-corrected chi connectivity index (χ0v) is 14.2. The smallest absolute Gasteiger partial charge is 0.248 e. The van der Waals surface area contributed by atoms with Crippen LogP contribution in [0.3, 0.4) is 0 Å². The number of carbonyl (C=O) groups is 2. The summed E-state index contributed by atoms with van der Waals surface area (Å²) in [5, 5.41) is 13.3. The molecule has 1 aromatic rings. The third-order valence-electron chi connectivity index (χ3n) is 3.95. The third-order valence-corrected chi connectivity index (χ3v) is 3.95. The molecular formula is C16H27N5O2. The van der Waals surface area contributed by atoms with E-state index in [0.717, 1.165) is 13.1 Å². The first kappa shape index (κ1) is 17.5. The van der Waals surface area contributed by atoms with Gasteiger partial charge in [-0.25, -0.2) is 0 Å². The summed E-state index contributed by atoms with van der Waals surface area (Å²) >= 11 is 0. The van der Waals surface area contributed by atoms with Crippen LogP contribution in [0.5, 0.6) is 0 Å². The Morgan fingerprint density at radius 1 is 1.30 bits per heavy atom. The SMILES string of the molecule is CC(C)(C)NC(=O)CCNC(=O)C1(n2cccn2)CCNCC1. The molecule has 0 bridgehead atoms. The van der Waals surface area contributed by atoms with Gasteiger partial charge in [-0.05, 0) is 52.8 Å². The summed E-state index contributed by atoms with van der Waals surface area (Å²) in [4.78, 5) is 24.6. The van der Waals surface area contributed by atoms with Crippen molar-refractivity contribution in [3.05, 3.63) is 18.5 Å². The van der Waals surface area contributed by atoms with Gasteiger partial charge < -0.3 is 16.0 Å². The molecule has 128 valence electrons. The van der Waals surface area contributed by atoms with Crippen LogP contribution < -0.4 is 16.0 Å². The van der Waals surface area contributed by atoms with Crippen molar-refractivity contribution in [2.24, 2.45) is 0 Å². The zero-order chi connectivity index (χ0) is 16.9. The van der Waals surface area contributed by atoms with Crippen molar-refractivity contribution in [1.82, 2.24) is 25.7 Å². The van der Waals surface area contributed by atoms with Crippen molar-refractivity contribution in [3.63, 3.8) is 0 Å². The molecular weight excluding hydrogens is 294 g/mol. The predicted molar refractivity (Wildman–Crippen MR) is 87.8 cm³/mol. The lowest BCUT2D eigenvalue weighted by Gasteiger charge is -2.36. The first-order valence-corrected chi connectivity index (χ1v) is 8.14. The van der Waals surface area contributed by atoms with E-state index >= 15 is 0 Å². The highest BCUT2D eigenvalue weighted by Crippen LogP contribution is 2.27. The molecule has 0 saturated carbocycles. The maximum absolute atomic E-state index is 12.8. The van der Waals surface area contributed by atoms with Crippen LogP contribution in [0, 0.1) is 0 Å². The molecule has 0 aromatic carbocycles. The fourth-order valence-corrected chi connectivity index (χ4v) is 2.86. The van der Waals surface area contributed by atoms with Gasteiger partial charge in [0, 0.05) is 30.9 Å². The molecule has 1 aliphatic heterocycles. The minimum absolute atomic E-state index is 0.0590. The molecule has 2 rings (SSSR count). The average Bonchev–Trinajstić information content (AvgIpc) is 3.00. The molecule has 2 heterocycles. The summed E-state index contributed by atoms with van der Waals surface area (Å²) in [6.45, 7) is 7.69. The number of rotatable bonds is 5. The second-order valence-electron chi connectivity index (χ2n) is 7.04. The minimum Gasteiger partial charge on any atom is -0.353 e. The molecule has 3 N–H and O–H groups in total. The van der Waals surface area contributed by atoms with Crippen LogP contribution in [0.2, 0.25) is 0 Å². The molecule has 23 heavy (non-hydrogen) atoms. The molecule has 0 spiro atoms. The highest BCUT2D eigenvalue weighted by atomic mass is 16.2. The van der Waals surface area contributed by atoms with Gasteiger partial charge in [0.1, 0.15) is 5.54 Å². The summed E-state index contributed by atoms with van der Waals surface area (Å²) < 4.78 is 1.75. The van der Waals surface area contributed by atoms with E-state index in [4.69, 9.17) is 0 Å². The Morgan fingerprint density at radius 2 is 2.00 bits per heavy atom. The van der Waals surface area contributed by atoms with E-state index in [1.165, 1.54) is 0 Å². The van der Waals surface area contributed by atoms with Crippen molar-refractivity contribution in [2.45, 2.75) is 51.1 Å². The molecule has 1 aromatic heterocycles. The molecule has 1 fully saturated rings. The highest BCUT2D eigenvalue weighted by Gasteiger charge is 2.41. The first-order valence-electron chi connectivity index (χ1n) is 8.14. The van der Waals surface area contributed by atoms with Gasteiger partial charge in [-0.1, -0.05) is 0 Å². The summed E-state index contributed by atoms with van der Waals surface area (Å²) in [6.07, 6.45) is 5.17. The standard InChI is InChI=1S/C16H27N5O2/c1-15(2,3)20-13(22)5-9-18-14(23)16(6-10-17-11-7-16)21-12-4-8-19-21/h4,8,12,17H,5-7,9-11H2,1-3H3,(H,18,23)(H,20,22). The molecule has 0 aliphatic carbocycles. The molecule has 0 unspecified atom stereocenters. The summed E-state index contributed by atoms with van der Waals surface area (Å²) in [5.41, 5.74) is -0.915. The number of hydrogen-bond donors (Lipinski definition) is 3. The van der Waals surface area contributed by atoms with Crippen LogP contribution in [-0.2, 0) is 15.1 Å². The van der Waals surface area contributed by atoms with Gasteiger partial charge in [0.15, 0.2) is 0 Å². The average molecular weight is 321 g/mol. The Balaban J connectivity index is 1.93. The van der Waals surface area contributed by atoms with Crippen LogP contribution in [-0.4, -0.2) is 46.8 Å². The molecule has 1 saturated heterocycles. The van der Waals surface area contributed by atoms with E-state index in [-0.39, 0.29) is 23.8 Å². The quantitative estimate of drug-likeness (QED) is 0.732. The third kappa shape index (κ3) is 4.54. The summed E-state index contributed by atoms with van der Waals surface area (Å²) in [5.74, 6) is -0.123. The lowest BCUT2D eigenvalue weighted by molar-refractivity contribution is -0.132. The predicted octanol–water partition coefficient (Wildman–Crippen LogP) is 0.383. The van der Waals surface area contributed by atoms with Gasteiger partial charge in [-0.15, -0.1) is 0 Å². The Labute approximate surface area is 137 Å². The van der Waals surface area contributed by atoms with Crippen LogP contribution >= 0.6 is 0 Å². The number of carbonyl (C=O) groups excluding carboxylic acids is 2. The normalized spacial score (nSPS) is 17.5. The maximum Gasteiger partial charge on any atom is 0.248 e. The van der Waals surface area contributed by atoms with Crippen LogP contribution in [0.1, 0.15) is 40.0 Å². The van der Waals surface area contributed by atoms with Crippen molar-refractivity contribution in [2.75, 3.05) is 19.6 Å². The number of amides is 2. The number of aromatic nitrogens is 2. The molecule has 7 nitrogen and oxygen atoms in total. The maximum atomic E-state index is 12.8. The molecule has 0 radical (unpaired) electrons. The zero-order valence-electron chi connectivity index (χ0n) is 14.2.